The van der Waals surface area contributed by atoms with E-state index in [4.69, 9.17) is 10.5 Å². The summed E-state index contributed by atoms with van der Waals surface area (Å²) in [6, 6.07) is 7.43. The van der Waals surface area contributed by atoms with Gasteiger partial charge in [0.25, 0.3) is 0 Å². The third-order valence-electron chi connectivity index (χ3n) is 2.26. The molecule has 13 heavy (non-hydrogen) atoms. The van der Waals surface area contributed by atoms with Crippen LogP contribution in [0.15, 0.2) is 24.3 Å². The Morgan fingerprint density at radius 1 is 1.38 bits per heavy atom. The molecule has 1 aromatic carbocycles. The van der Waals surface area contributed by atoms with Crippen LogP contribution in [0.1, 0.15) is 18.1 Å². The molecule has 3 heteroatoms. The molecule has 0 fully saturated rings. The fraction of sp³-hybridized carbons (Fsp3) is 0.400. The summed E-state index contributed by atoms with van der Waals surface area (Å²) in [5.41, 5.74) is 6.56. The second kappa shape index (κ2) is 3.36. The molecule has 0 bridgehead atoms. The van der Waals surface area contributed by atoms with Gasteiger partial charge in [0.2, 0.25) is 0 Å². The summed E-state index contributed by atoms with van der Waals surface area (Å²) in [7, 11) is 0. The van der Waals surface area contributed by atoms with Crippen LogP contribution in [0, 0.1) is 0 Å². The van der Waals surface area contributed by atoms with Crippen LogP contribution >= 0.6 is 0 Å². The van der Waals surface area contributed by atoms with Crippen molar-refractivity contribution in [1.29, 1.82) is 0 Å². The van der Waals surface area contributed by atoms with Crippen LogP contribution in [-0.4, -0.2) is 17.8 Å². The molecule has 1 heterocycles. The van der Waals surface area contributed by atoms with E-state index >= 15 is 0 Å². The predicted molar refractivity (Wildman–Crippen MR) is 49.5 cm³/mol. The number of para-hydroxylation sites is 1. The van der Waals surface area contributed by atoms with Crippen molar-refractivity contribution in [1.82, 2.24) is 0 Å². The monoisotopic (exact) mass is 179 g/mol. The van der Waals surface area contributed by atoms with Crippen molar-refractivity contribution in [2.45, 2.75) is 18.6 Å². The SMILES string of the molecule is NC1COc2ccccc2C(O)C1. The summed E-state index contributed by atoms with van der Waals surface area (Å²) in [6.07, 6.45) is 0.0745. The number of ether oxygens (including phenoxy) is 1. The van der Waals surface area contributed by atoms with Crippen molar-refractivity contribution in [3.8, 4) is 5.75 Å². The maximum Gasteiger partial charge on any atom is 0.125 e. The second-order valence-electron chi connectivity index (χ2n) is 3.36. The fourth-order valence-electron chi connectivity index (χ4n) is 1.57. The zero-order valence-electron chi connectivity index (χ0n) is 7.31. The number of nitrogens with two attached hydrogens (primary N) is 1. The lowest BCUT2D eigenvalue weighted by atomic mass is 10.0. The average Bonchev–Trinajstić information content (AvgIpc) is 2.27. The molecule has 0 aromatic heterocycles. The van der Waals surface area contributed by atoms with Gasteiger partial charge in [-0.1, -0.05) is 18.2 Å². The molecule has 0 saturated heterocycles. The van der Waals surface area contributed by atoms with Crippen LogP contribution in [0.5, 0.6) is 5.75 Å². The summed E-state index contributed by atoms with van der Waals surface area (Å²) < 4.78 is 5.45. The van der Waals surface area contributed by atoms with Crippen LogP contribution in [0.2, 0.25) is 0 Å². The zero-order valence-corrected chi connectivity index (χ0v) is 7.31. The molecular weight excluding hydrogens is 166 g/mol. The van der Waals surface area contributed by atoms with E-state index in [1.807, 2.05) is 24.3 Å². The minimum absolute atomic E-state index is 0.0811. The molecule has 0 aliphatic carbocycles. The summed E-state index contributed by atoms with van der Waals surface area (Å²) in [6.45, 7) is 0.480. The molecule has 0 radical (unpaired) electrons. The Balaban J connectivity index is 2.35. The Bertz CT molecular complexity index is 301. The maximum absolute atomic E-state index is 9.75. The molecule has 70 valence electrons. The van der Waals surface area contributed by atoms with E-state index in [0.717, 1.165) is 11.3 Å². The molecule has 3 nitrogen and oxygen atoms in total. The summed E-state index contributed by atoms with van der Waals surface area (Å²) in [5, 5.41) is 9.75. The van der Waals surface area contributed by atoms with E-state index in [9.17, 15) is 5.11 Å². The zero-order chi connectivity index (χ0) is 9.26. The third-order valence-corrected chi connectivity index (χ3v) is 2.26. The molecule has 3 N–H and O–H groups in total. The van der Waals surface area contributed by atoms with E-state index in [1.165, 1.54) is 0 Å². The van der Waals surface area contributed by atoms with Gasteiger partial charge < -0.3 is 15.6 Å². The molecule has 2 unspecified atom stereocenters. The average molecular weight is 179 g/mol. The molecule has 1 aliphatic heterocycles. The first-order chi connectivity index (χ1) is 6.27. The lowest BCUT2D eigenvalue weighted by Crippen LogP contribution is -2.27. The first-order valence-corrected chi connectivity index (χ1v) is 4.43. The maximum atomic E-state index is 9.75. The highest BCUT2D eigenvalue weighted by molar-refractivity contribution is 5.35. The van der Waals surface area contributed by atoms with Gasteiger partial charge in [-0.15, -0.1) is 0 Å². The summed E-state index contributed by atoms with van der Waals surface area (Å²) in [4.78, 5) is 0. The van der Waals surface area contributed by atoms with Gasteiger partial charge in [-0.2, -0.15) is 0 Å². The molecule has 0 spiro atoms. The van der Waals surface area contributed by atoms with Crippen LogP contribution in [-0.2, 0) is 0 Å². The van der Waals surface area contributed by atoms with Gasteiger partial charge >= 0.3 is 0 Å². The van der Waals surface area contributed by atoms with E-state index in [1.54, 1.807) is 0 Å². The van der Waals surface area contributed by atoms with E-state index in [0.29, 0.717) is 13.0 Å². The minimum Gasteiger partial charge on any atom is -0.492 e. The Kier molecular flexibility index (Phi) is 2.20. The number of fused-ring (bicyclic) bond motifs is 1. The molecule has 2 atom stereocenters. The number of benzene rings is 1. The third kappa shape index (κ3) is 1.66. The van der Waals surface area contributed by atoms with Gasteiger partial charge in [0.15, 0.2) is 0 Å². The Hall–Kier alpha value is -1.06. The van der Waals surface area contributed by atoms with Gasteiger partial charge in [0, 0.05) is 11.6 Å². The number of rotatable bonds is 0. The van der Waals surface area contributed by atoms with Crippen molar-refractivity contribution in [2.75, 3.05) is 6.61 Å². The lowest BCUT2D eigenvalue weighted by molar-refractivity contribution is 0.159. The van der Waals surface area contributed by atoms with Gasteiger partial charge in [-0.3, -0.25) is 0 Å². The number of hydrogen-bond acceptors (Lipinski definition) is 3. The Labute approximate surface area is 77.1 Å². The van der Waals surface area contributed by atoms with Gasteiger partial charge in [0.1, 0.15) is 12.4 Å². The minimum atomic E-state index is -0.492. The standard InChI is InChI=1S/C10H13NO2/c11-7-5-9(12)8-3-1-2-4-10(8)13-6-7/h1-4,7,9,12H,5-6,11H2. The van der Waals surface area contributed by atoms with Crippen molar-refractivity contribution in [2.24, 2.45) is 5.73 Å². The first kappa shape index (κ1) is 8.53. The molecule has 0 saturated carbocycles. The van der Waals surface area contributed by atoms with Crippen LogP contribution in [0.4, 0.5) is 0 Å². The van der Waals surface area contributed by atoms with Crippen molar-refractivity contribution >= 4 is 0 Å². The molecule has 1 aliphatic rings. The highest BCUT2D eigenvalue weighted by Crippen LogP contribution is 2.30. The summed E-state index contributed by atoms with van der Waals surface area (Å²) in [5.74, 6) is 0.753. The molecule has 1 aromatic rings. The van der Waals surface area contributed by atoms with Gasteiger partial charge in [-0.05, 0) is 12.5 Å². The first-order valence-electron chi connectivity index (χ1n) is 4.43. The van der Waals surface area contributed by atoms with Crippen molar-refractivity contribution in [3.63, 3.8) is 0 Å². The quantitative estimate of drug-likeness (QED) is 0.620. The normalized spacial score (nSPS) is 27.2. The fourth-order valence-corrected chi connectivity index (χ4v) is 1.57. The molecule has 0 amide bonds. The Morgan fingerprint density at radius 3 is 3.00 bits per heavy atom. The van der Waals surface area contributed by atoms with Crippen LogP contribution in [0.3, 0.4) is 0 Å². The van der Waals surface area contributed by atoms with E-state index in [2.05, 4.69) is 0 Å². The highest BCUT2D eigenvalue weighted by atomic mass is 16.5. The predicted octanol–water partition coefficient (Wildman–Crippen LogP) is 0.830. The van der Waals surface area contributed by atoms with Crippen molar-refractivity contribution in [3.05, 3.63) is 29.8 Å². The summed E-state index contributed by atoms with van der Waals surface area (Å²) >= 11 is 0. The molecular formula is C10H13NO2. The largest absolute Gasteiger partial charge is 0.492 e. The number of aliphatic hydroxyl groups is 1. The highest BCUT2D eigenvalue weighted by Gasteiger charge is 2.20. The Morgan fingerprint density at radius 2 is 2.15 bits per heavy atom. The van der Waals surface area contributed by atoms with Crippen LogP contribution < -0.4 is 10.5 Å². The van der Waals surface area contributed by atoms with Gasteiger partial charge in [-0.25, -0.2) is 0 Å². The van der Waals surface area contributed by atoms with E-state index < -0.39 is 6.10 Å². The second-order valence-corrected chi connectivity index (χ2v) is 3.36. The lowest BCUT2D eigenvalue weighted by Gasteiger charge is -2.10. The molecule has 2 rings (SSSR count). The smallest absolute Gasteiger partial charge is 0.125 e. The van der Waals surface area contributed by atoms with Crippen LogP contribution in [0.25, 0.3) is 0 Å². The van der Waals surface area contributed by atoms with E-state index in [-0.39, 0.29) is 6.04 Å². The topological polar surface area (TPSA) is 55.5 Å². The number of aliphatic hydroxyl groups excluding tert-OH is 1. The van der Waals surface area contributed by atoms with Crippen molar-refractivity contribution < 1.29 is 9.84 Å². The van der Waals surface area contributed by atoms with Gasteiger partial charge in [0.05, 0.1) is 6.10 Å². The number of hydrogen-bond donors (Lipinski definition) is 2.